The standard InChI is InChI=1S/C25H49NO2/c1-3-4-5-6-7-8-9-10-11-12-13-14-15-16-17-18-19-20-21-22-25(28)26-23-24(2)27/h10-11,24,27H,3-9,12-23H2,1-2H3,(H,26,28). The SMILES string of the molecule is CCCCCCCCC=CCCCCCCCCCCCC(=O)NCC(C)O. The predicted octanol–water partition coefficient (Wildman–Crippen LogP) is 7.08. The molecule has 0 saturated heterocycles. The zero-order valence-corrected chi connectivity index (χ0v) is 19.0. The van der Waals surface area contributed by atoms with Gasteiger partial charge in [0.2, 0.25) is 5.91 Å². The van der Waals surface area contributed by atoms with Crippen molar-refractivity contribution >= 4 is 5.91 Å². The first kappa shape index (κ1) is 27.2. The molecule has 0 aromatic rings. The highest BCUT2D eigenvalue weighted by Crippen LogP contribution is 2.12. The van der Waals surface area contributed by atoms with E-state index < -0.39 is 6.10 Å². The van der Waals surface area contributed by atoms with Crippen molar-refractivity contribution in [2.45, 2.75) is 136 Å². The van der Waals surface area contributed by atoms with E-state index in [0.717, 1.165) is 12.8 Å². The minimum atomic E-state index is -0.454. The Hall–Kier alpha value is -0.830. The number of hydrogen-bond acceptors (Lipinski definition) is 2. The summed E-state index contributed by atoms with van der Waals surface area (Å²) in [5.41, 5.74) is 0. The van der Waals surface area contributed by atoms with Crippen LogP contribution in [-0.2, 0) is 4.79 Å². The third kappa shape index (κ3) is 23.2. The zero-order valence-electron chi connectivity index (χ0n) is 19.0. The zero-order chi connectivity index (χ0) is 20.7. The molecule has 0 radical (unpaired) electrons. The molecule has 0 rings (SSSR count). The highest BCUT2D eigenvalue weighted by Gasteiger charge is 2.02. The molecule has 0 fully saturated rings. The Balaban J connectivity index is 3.15. The van der Waals surface area contributed by atoms with Crippen LogP contribution in [0.5, 0.6) is 0 Å². The summed E-state index contributed by atoms with van der Waals surface area (Å²) in [7, 11) is 0. The number of aliphatic hydroxyl groups is 1. The Morgan fingerprint density at radius 1 is 0.750 bits per heavy atom. The van der Waals surface area contributed by atoms with Crippen molar-refractivity contribution in [1.82, 2.24) is 5.32 Å². The number of carbonyl (C=O) groups is 1. The van der Waals surface area contributed by atoms with Gasteiger partial charge < -0.3 is 10.4 Å². The minimum Gasteiger partial charge on any atom is -0.392 e. The van der Waals surface area contributed by atoms with Gasteiger partial charge in [-0.2, -0.15) is 0 Å². The molecule has 0 saturated carbocycles. The first-order valence-electron chi connectivity index (χ1n) is 12.3. The number of hydrogen-bond donors (Lipinski definition) is 2. The average Bonchev–Trinajstić information content (AvgIpc) is 2.68. The Bertz CT molecular complexity index is 352. The lowest BCUT2D eigenvalue weighted by atomic mass is 10.1. The van der Waals surface area contributed by atoms with Crippen LogP contribution >= 0.6 is 0 Å². The smallest absolute Gasteiger partial charge is 0.220 e. The average molecular weight is 396 g/mol. The summed E-state index contributed by atoms with van der Waals surface area (Å²) in [4.78, 5) is 11.5. The second-order valence-corrected chi connectivity index (χ2v) is 8.40. The molecular weight excluding hydrogens is 346 g/mol. The fourth-order valence-corrected chi connectivity index (χ4v) is 3.41. The van der Waals surface area contributed by atoms with Crippen LogP contribution in [0.4, 0.5) is 0 Å². The lowest BCUT2D eigenvalue weighted by Gasteiger charge is -2.06. The van der Waals surface area contributed by atoms with E-state index in [4.69, 9.17) is 5.11 Å². The van der Waals surface area contributed by atoms with Gasteiger partial charge in [-0.25, -0.2) is 0 Å². The van der Waals surface area contributed by atoms with Gasteiger partial charge in [0.15, 0.2) is 0 Å². The topological polar surface area (TPSA) is 49.3 Å². The first-order valence-corrected chi connectivity index (χ1v) is 12.3. The fraction of sp³-hybridized carbons (Fsp3) is 0.880. The summed E-state index contributed by atoms with van der Waals surface area (Å²) in [6.45, 7) is 4.33. The van der Waals surface area contributed by atoms with Crippen molar-refractivity contribution in [2.75, 3.05) is 6.54 Å². The van der Waals surface area contributed by atoms with Gasteiger partial charge in [0.1, 0.15) is 0 Å². The Kier molecular flexibility index (Phi) is 21.8. The van der Waals surface area contributed by atoms with Crippen LogP contribution in [0, 0.1) is 0 Å². The monoisotopic (exact) mass is 395 g/mol. The van der Waals surface area contributed by atoms with Gasteiger partial charge in [0, 0.05) is 13.0 Å². The maximum absolute atomic E-state index is 11.5. The maximum atomic E-state index is 11.5. The number of aliphatic hydroxyl groups excluding tert-OH is 1. The van der Waals surface area contributed by atoms with Crippen LogP contribution < -0.4 is 5.32 Å². The van der Waals surface area contributed by atoms with Crippen LogP contribution in [0.15, 0.2) is 12.2 Å². The molecule has 0 aromatic heterocycles. The second kappa shape index (κ2) is 22.5. The van der Waals surface area contributed by atoms with Gasteiger partial charge in [0.05, 0.1) is 6.10 Å². The van der Waals surface area contributed by atoms with Crippen molar-refractivity contribution in [3.63, 3.8) is 0 Å². The summed E-state index contributed by atoms with van der Waals surface area (Å²) in [5.74, 6) is 0.0712. The summed E-state index contributed by atoms with van der Waals surface area (Å²) in [6.07, 6.45) is 27.2. The fourth-order valence-electron chi connectivity index (χ4n) is 3.41. The Morgan fingerprint density at radius 2 is 1.18 bits per heavy atom. The molecular formula is C25H49NO2. The molecule has 166 valence electrons. The Morgan fingerprint density at radius 3 is 1.64 bits per heavy atom. The third-order valence-corrected chi connectivity index (χ3v) is 5.26. The highest BCUT2D eigenvalue weighted by atomic mass is 16.3. The number of amides is 1. The predicted molar refractivity (Wildman–Crippen MR) is 123 cm³/mol. The molecule has 0 aliphatic carbocycles. The van der Waals surface area contributed by atoms with Crippen molar-refractivity contribution in [3.05, 3.63) is 12.2 Å². The second-order valence-electron chi connectivity index (χ2n) is 8.40. The van der Waals surface area contributed by atoms with E-state index in [-0.39, 0.29) is 5.91 Å². The van der Waals surface area contributed by atoms with E-state index in [1.807, 2.05) is 0 Å². The number of unbranched alkanes of at least 4 members (excludes halogenated alkanes) is 15. The van der Waals surface area contributed by atoms with Crippen molar-refractivity contribution in [1.29, 1.82) is 0 Å². The highest BCUT2D eigenvalue weighted by molar-refractivity contribution is 5.75. The molecule has 0 spiro atoms. The molecule has 0 aromatic carbocycles. The van der Waals surface area contributed by atoms with E-state index in [9.17, 15) is 4.79 Å². The largest absolute Gasteiger partial charge is 0.392 e. The van der Waals surface area contributed by atoms with E-state index in [0.29, 0.717) is 13.0 Å². The molecule has 3 nitrogen and oxygen atoms in total. The van der Waals surface area contributed by atoms with Crippen molar-refractivity contribution in [3.8, 4) is 0 Å². The van der Waals surface area contributed by atoms with E-state index in [2.05, 4.69) is 24.4 Å². The molecule has 2 N–H and O–H groups in total. The first-order chi connectivity index (χ1) is 13.7. The molecule has 0 aliphatic heterocycles. The molecule has 1 amide bonds. The van der Waals surface area contributed by atoms with Crippen LogP contribution in [0.2, 0.25) is 0 Å². The van der Waals surface area contributed by atoms with Crippen LogP contribution in [-0.4, -0.2) is 23.7 Å². The molecule has 0 aliphatic rings. The van der Waals surface area contributed by atoms with E-state index in [1.54, 1.807) is 6.92 Å². The van der Waals surface area contributed by atoms with Crippen LogP contribution in [0.25, 0.3) is 0 Å². The maximum Gasteiger partial charge on any atom is 0.220 e. The third-order valence-electron chi connectivity index (χ3n) is 5.26. The van der Waals surface area contributed by atoms with Crippen molar-refractivity contribution in [2.24, 2.45) is 0 Å². The minimum absolute atomic E-state index is 0.0712. The quantitative estimate of drug-likeness (QED) is 0.161. The molecule has 1 atom stereocenters. The number of rotatable bonds is 21. The number of allylic oxidation sites excluding steroid dienone is 2. The summed E-state index contributed by atoms with van der Waals surface area (Å²) < 4.78 is 0. The lowest BCUT2D eigenvalue weighted by Crippen LogP contribution is -2.30. The molecule has 0 bridgehead atoms. The summed E-state index contributed by atoms with van der Waals surface area (Å²) in [6, 6.07) is 0. The lowest BCUT2D eigenvalue weighted by molar-refractivity contribution is -0.121. The van der Waals surface area contributed by atoms with Gasteiger partial charge in [-0.15, -0.1) is 0 Å². The summed E-state index contributed by atoms with van der Waals surface area (Å²) in [5, 5.41) is 11.9. The molecule has 28 heavy (non-hydrogen) atoms. The van der Waals surface area contributed by atoms with Crippen molar-refractivity contribution < 1.29 is 9.90 Å². The number of nitrogens with one attached hydrogen (secondary N) is 1. The van der Waals surface area contributed by atoms with Gasteiger partial charge in [-0.3, -0.25) is 4.79 Å². The molecule has 3 heteroatoms. The van der Waals surface area contributed by atoms with Gasteiger partial charge in [0.25, 0.3) is 0 Å². The number of carbonyl (C=O) groups excluding carboxylic acids is 1. The summed E-state index contributed by atoms with van der Waals surface area (Å²) >= 11 is 0. The van der Waals surface area contributed by atoms with E-state index in [1.165, 1.54) is 96.3 Å². The van der Waals surface area contributed by atoms with Crippen LogP contribution in [0.3, 0.4) is 0 Å². The van der Waals surface area contributed by atoms with Gasteiger partial charge >= 0.3 is 0 Å². The molecule has 1 unspecified atom stereocenters. The Labute approximate surface area is 175 Å². The van der Waals surface area contributed by atoms with E-state index >= 15 is 0 Å². The van der Waals surface area contributed by atoms with Gasteiger partial charge in [-0.1, -0.05) is 96.1 Å². The van der Waals surface area contributed by atoms with Crippen LogP contribution in [0.1, 0.15) is 129 Å². The molecule has 0 heterocycles. The van der Waals surface area contributed by atoms with Gasteiger partial charge in [-0.05, 0) is 39.0 Å². The normalized spacial score (nSPS) is 12.5.